The maximum Gasteiger partial charge on any atom is 0.203 e. The number of fused-ring (bicyclic) bond motifs is 1. The molecule has 0 saturated carbocycles. The molecular weight excluding hydrogens is 358 g/mol. The average Bonchev–Trinajstić information content (AvgIpc) is 3.16. The Hall–Kier alpha value is -3.05. The Bertz CT molecular complexity index is 1000. The zero-order chi connectivity index (χ0) is 18.6. The lowest BCUT2D eigenvalue weighted by Crippen LogP contribution is -2.00. The summed E-state index contributed by atoms with van der Waals surface area (Å²) in [7, 11) is 3.26. The van der Waals surface area contributed by atoms with E-state index in [0.717, 1.165) is 26.4 Å². The van der Waals surface area contributed by atoms with Crippen molar-refractivity contribution in [3.63, 3.8) is 0 Å². The van der Waals surface area contributed by atoms with Gasteiger partial charge in [0.2, 0.25) is 5.75 Å². The Morgan fingerprint density at radius 2 is 1.52 bits per heavy atom. The molecule has 1 heterocycles. The molecule has 27 heavy (non-hydrogen) atoms. The zero-order valence-corrected chi connectivity index (χ0v) is 16.0. The van der Waals surface area contributed by atoms with Crippen LogP contribution in [0.25, 0.3) is 20.8 Å². The Morgan fingerprint density at radius 3 is 2.19 bits per heavy atom. The molecule has 1 aromatic heterocycles. The van der Waals surface area contributed by atoms with Crippen molar-refractivity contribution in [3.8, 4) is 27.8 Å². The van der Waals surface area contributed by atoms with Gasteiger partial charge in [0.15, 0.2) is 11.5 Å². The van der Waals surface area contributed by atoms with E-state index >= 15 is 0 Å². The summed E-state index contributed by atoms with van der Waals surface area (Å²) in [6, 6.07) is 22.0. The van der Waals surface area contributed by atoms with E-state index in [1.54, 1.807) is 25.6 Å². The second-order valence-electron chi connectivity index (χ2n) is 5.97. The number of methoxy groups -OCH3 is 2. The number of para-hydroxylation sites is 1. The standard InChI is InChI=1S/C22H19NO3S/c1-24-18-12-16(22-23-17-10-6-7-11-20(17)27-22)13-19(25-2)21(18)26-14-15-8-4-3-5-9-15/h3-13H,14H2,1-2H3. The van der Waals surface area contributed by atoms with Crippen LogP contribution >= 0.6 is 11.3 Å². The highest BCUT2D eigenvalue weighted by Crippen LogP contribution is 2.43. The minimum absolute atomic E-state index is 0.439. The topological polar surface area (TPSA) is 40.6 Å². The number of benzene rings is 3. The summed E-state index contributed by atoms with van der Waals surface area (Å²) in [4.78, 5) is 4.72. The largest absolute Gasteiger partial charge is 0.493 e. The molecule has 4 rings (SSSR count). The molecule has 3 aromatic carbocycles. The molecule has 0 fully saturated rings. The van der Waals surface area contributed by atoms with Crippen LogP contribution in [0.4, 0.5) is 0 Å². The van der Waals surface area contributed by atoms with Gasteiger partial charge >= 0.3 is 0 Å². The normalized spacial score (nSPS) is 10.7. The van der Waals surface area contributed by atoms with Gasteiger partial charge in [-0.25, -0.2) is 4.98 Å². The molecule has 4 aromatic rings. The number of hydrogen-bond acceptors (Lipinski definition) is 5. The molecule has 0 N–H and O–H groups in total. The Morgan fingerprint density at radius 1 is 0.852 bits per heavy atom. The van der Waals surface area contributed by atoms with E-state index in [1.165, 1.54) is 0 Å². The first kappa shape index (κ1) is 17.4. The summed E-state index contributed by atoms with van der Waals surface area (Å²) in [5, 5.41) is 0.919. The third-order valence-electron chi connectivity index (χ3n) is 4.23. The van der Waals surface area contributed by atoms with Crippen LogP contribution in [0.5, 0.6) is 17.2 Å². The predicted molar refractivity (Wildman–Crippen MR) is 109 cm³/mol. The maximum atomic E-state index is 6.02. The molecule has 0 aliphatic heterocycles. The van der Waals surface area contributed by atoms with Gasteiger partial charge < -0.3 is 14.2 Å². The van der Waals surface area contributed by atoms with Crippen molar-refractivity contribution in [1.29, 1.82) is 0 Å². The molecule has 136 valence electrons. The summed E-state index contributed by atoms with van der Waals surface area (Å²) in [5.41, 5.74) is 3.01. The van der Waals surface area contributed by atoms with Crippen molar-refractivity contribution >= 4 is 21.6 Å². The molecular formula is C22H19NO3S. The van der Waals surface area contributed by atoms with Gasteiger partial charge in [-0.1, -0.05) is 42.5 Å². The van der Waals surface area contributed by atoms with Gasteiger partial charge in [-0.15, -0.1) is 11.3 Å². The van der Waals surface area contributed by atoms with Crippen LogP contribution in [0.1, 0.15) is 5.56 Å². The summed E-state index contributed by atoms with van der Waals surface area (Å²) in [5.74, 6) is 1.84. The molecule has 0 saturated heterocycles. The van der Waals surface area contributed by atoms with Crippen molar-refractivity contribution in [2.75, 3.05) is 14.2 Å². The number of ether oxygens (including phenoxy) is 3. The Kier molecular flexibility index (Phi) is 4.94. The number of aromatic nitrogens is 1. The van der Waals surface area contributed by atoms with E-state index in [9.17, 15) is 0 Å². The van der Waals surface area contributed by atoms with Gasteiger partial charge in [0.05, 0.1) is 24.4 Å². The first-order valence-corrected chi connectivity index (χ1v) is 9.39. The van der Waals surface area contributed by atoms with Crippen LogP contribution < -0.4 is 14.2 Å². The van der Waals surface area contributed by atoms with Gasteiger partial charge in [-0.2, -0.15) is 0 Å². The smallest absolute Gasteiger partial charge is 0.203 e. The molecule has 0 amide bonds. The minimum Gasteiger partial charge on any atom is -0.493 e. The summed E-state index contributed by atoms with van der Waals surface area (Å²) >= 11 is 1.64. The number of rotatable bonds is 6. The van der Waals surface area contributed by atoms with E-state index in [1.807, 2.05) is 60.7 Å². The molecule has 5 heteroatoms. The lowest BCUT2D eigenvalue weighted by atomic mass is 10.2. The van der Waals surface area contributed by atoms with Crippen molar-refractivity contribution < 1.29 is 14.2 Å². The lowest BCUT2D eigenvalue weighted by molar-refractivity contribution is 0.266. The summed E-state index contributed by atoms with van der Waals surface area (Å²) < 4.78 is 18.3. The first-order chi connectivity index (χ1) is 13.3. The number of hydrogen-bond donors (Lipinski definition) is 0. The maximum absolute atomic E-state index is 6.02. The van der Waals surface area contributed by atoms with Crippen LogP contribution in [0.3, 0.4) is 0 Å². The fourth-order valence-electron chi connectivity index (χ4n) is 2.87. The monoisotopic (exact) mass is 377 g/mol. The number of thiazole rings is 1. The van der Waals surface area contributed by atoms with Crippen LogP contribution in [0, 0.1) is 0 Å². The summed E-state index contributed by atoms with van der Waals surface area (Å²) in [6.07, 6.45) is 0. The quantitative estimate of drug-likeness (QED) is 0.441. The highest BCUT2D eigenvalue weighted by molar-refractivity contribution is 7.21. The molecule has 4 nitrogen and oxygen atoms in total. The van der Waals surface area contributed by atoms with E-state index < -0.39 is 0 Å². The molecule has 0 aliphatic rings. The van der Waals surface area contributed by atoms with Crippen molar-refractivity contribution in [2.24, 2.45) is 0 Å². The second-order valence-corrected chi connectivity index (χ2v) is 7.00. The van der Waals surface area contributed by atoms with Crippen LogP contribution in [-0.4, -0.2) is 19.2 Å². The van der Waals surface area contributed by atoms with Crippen LogP contribution in [0.15, 0.2) is 66.7 Å². The van der Waals surface area contributed by atoms with Crippen LogP contribution in [0.2, 0.25) is 0 Å². The first-order valence-electron chi connectivity index (χ1n) is 8.57. The van der Waals surface area contributed by atoms with Gasteiger partial charge in [-0.05, 0) is 29.8 Å². The van der Waals surface area contributed by atoms with Crippen molar-refractivity contribution in [3.05, 3.63) is 72.3 Å². The molecule has 0 atom stereocenters. The third kappa shape index (κ3) is 3.59. The van der Waals surface area contributed by atoms with Gasteiger partial charge in [0.25, 0.3) is 0 Å². The van der Waals surface area contributed by atoms with Gasteiger partial charge in [-0.3, -0.25) is 0 Å². The Balaban J connectivity index is 1.70. The Labute approximate surface area is 162 Å². The molecule has 0 unspecified atom stereocenters. The van der Waals surface area contributed by atoms with Gasteiger partial charge in [0.1, 0.15) is 11.6 Å². The van der Waals surface area contributed by atoms with Crippen molar-refractivity contribution in [1.82, 2.24) is 4.98 Å². The van der Waals surface area contributed by atoms with E-state index in [2.05, 4.69) is 6.07 Å². The summed E-state index contributed by atoms with van der Waals surface area (Å²) in [6.45, 7) is 0.439. The van der Waals surface area contributed by atoms with Crippen LogP contribution in [-0.2, 0) is 6.61 Å². The average molecular weight is 377 g/mol. The predicted octanol–water partition coefficient (Wildman–Crippen LogP) is 5.56. The zero-order valence-electron chi connectivity index (χ0n) is 15.1. The van der Waals surface area contributed by atoms with Gasteiger partial charge in [0, 0.05) is 5.56 Å². The highest BCUT2D eigenvalue weighted by Gasteiger charge is 2.17. The second kappa shape index (κ2) is 7.68. The molecule has 0 bridgehead atoms. The fraction of sp³-hybridized carbons (Fsp3) is 0.136. The van der Waals surface area contributed by atoms with E-state index in [4.69, 9.17) is 19.2 Å². The van der Waals surface area contributed by atoms with E-state index in [0.29, 0.717) is 23.9 Å². The minimum atomic E-state index is 0.439. The SMILES string of the molecule is COc1cc(-c2nc3ccccc3s2)cc(OC)c1OCc1ccccc1. The van der Waals surface area contributed by atoms with Crippen molar-refractivity contribution in [2.45, 2.75) is 6.61 Å². The molecule has 0 spiro atoms. The highest BCUT2D eigenvalue weighted by atomic mass is 32.1. The fourth-order valence-corrected chi connectivity index (χ4v) is 3.82. The van der Waals surface area contributed by atoms with E-state index in [-0.39, 0.29) is 0 Å². The molecule has 0 radical (unpaired) electrons. The number of nitrogens with zero attached hydrogens (tertiary/aromatic N) is 1. The molecule has 0 aliphatic carbocycles. The third-order valence-corrected chi connectivity index (χ3v) is 5.31. The lowest BCUT2D eigenvalue weighted by Gasteiger charge is -2.15.